The molecule has 4 nitrogen and oxygen atoms in total. The molecule has 2 aromatic rings. The molecule has 1 saturated heterocycles. The molecule has 0 spiro atoms. The van der Waals surface area contributed by atoms with Crippen molar-refractivity contribution in [1.29, 1.82) is 0 Å². The fraction of sp³-hybridized carbons (Fsp3) is 0.429. The van der Waals surface area contributed by atoms with Crippen LogP contribution in [0.25, 0.3) is 0 Å². The Hall–Kier alpha value is -1.98. The second-order valence-corrected chi connectivity index (χ2v) is 8.16. The van der Waals surface area contributed by atoms with Crippen molar-refractivity contribution in [3.05, 3.63) is 57.3 Å². The molecule has 1 aliphatic heterocycles. The maximum atomic E-state index is 13.0. The zero-order valence-corrected chi connectivity index (χ0v) is 16.5. The summed E-state index contributed by atoms with van der Waals surface area (Å²) in [6, 6.07) is 10.5. The predicted molar refractivity (Wildman–Crippen MR) is 106 cm³/mol. The number of Topliss-reactive ketones (excluding diaryl/α,β-unsaturated/α-hetero) is 1. The summed E-state index contributed by atoms with van der Waals surface area (Å²) in [5.41, 5.74) is 3.11. The molecule has 1 aliphatic rings. The Morgan fingerprint density at radius 2 is 1.92 bits per heavy atom. The van der Waals surface area contributed by atoms with E-state index < -0.39 is 0 Å². The molecule has 0 bridgehead atoms. The third kappa shape index (κ3) is 4.22. The highest BCUT2D eigenvalue weighted by Gasteiger charge is 2.29. The van der Waals surface area contributed by atoms with Crippen LogP contribution in [0, 0.1) is 0 Å². The number of carbonyl (C=O) groups excluding carboxylic acids is 2. The first kappa shape index (κ1) is 18.8. The molecule has 26 heavy (non-hydrogen) atoms. The number of nitrogens with zero attached hydrogens (tertiary/aromatic N) is 2. The van der Waals surface area contributed by atoms with Crippen LogP contribution in [0.15, 0.2) is 35.7 Å². The summed E-state index contributed by atoms with van der Waals surface area (Å²) in [5.74, 6) is 0.0524. The fourth-order valence-corrected chi connectivity index (χ4v) is 4.31. The lowest BCUT2D eigenvalue weighted by atomic mass is 9.94. The van der Waals surface area contributed by atoms with Gasteiger partial charge >= 0.3 is 0 Å². The Kier molecular flexibility index (Phi) is 5.89. The number of ketones is 1. The number of likely N-dealkylation sites (tertiary alicyclic amines) is 1. The first-order valence-corrected chi connectivity index (χ1v) is 9.97. The predicted octanol–water partition coefficient (Wildman–Crippen LogP) is 4.38. The van der Waals surface area contributed by atoms with Crippen LogP contribution in [0.4, 0.5) is 0 Å². The van der Waals surface area contributed by atoms with Gasteiger partial charge in [0.15, 0.2) is 5.78 Å². The lowest BCUT2D eigenvalue weighted by molar-refractivity contribution is 0.0612. The van der Waals surface area contributed by atoms with Gasteiger partial charge in [0.2, 0.25) is 0 Å². The zero-order valence-electron chi connectivity index (χ0n) is 15.7. The second-order valence-electron chi connectivity index (χ2n) is 7.25. The third-order valence-corrected chi connectivity index (χ3v) is 5.85. The summed E-state index contributed by atoms with van der Waals surface area (Å²) in [4.78, 5) is 29.4. The molecule has 0 aliphatic carbocycles. The molecule has 3 rings (SSSR count). The van der Waals surface area contributed by atoms with E-state index in [1.807, 2.05) is 10.3 Å². The highest BCUT2D eigenvalue weighted by Crippen LogP contribution is 2.33. The van der Waals surface area contributed by atoms with Gasteiger partial charge in [-0.3, -0.25) is 9.59 Å². The largest absolute Gasteiger partial charge is 0.332 e. The number of piperidine rings is 1. The van der Waals surface area contributed by atoms with E-state index in [0.717, 1.165) is 32.4 Å². The molecule has 1 unspecified atom stereocenters. The van der Waals surface area contributed by atoms with Gasteiger partial charge in [-0.2, -0.15) is 0 Å². The Bertz CT molecular complexity index is 780. The van der Waals surface area contributed by atoms with Crippen molar-refractivity contribution in [2.24, 2.45) is 0 Å². The summed E-state index contributed by atoms with van der Waals surface area (Å²) in [5, 5.41) is 1.81. The molecule has 5 heteroatoms. The molecule has 1 fully saturated rings. The topological polar surface area (TPSA) is 40.6 Å². The molecule has 1 aromatic carbocycles. The van der Waals surface area contributed by atoms with E-state index in [9.17, 15) is 9.59 Å². The van der Waals surface area contributed by atoms with Crippen molar-refractivity contribution in [3.8, 4) is 0 Å². The Morgan fingerprint density at radius 3 is 2.54 bits per heavy atom. The third-order valence-electron chi connectivity index (χ3n) is 4.82. The van der Waals surface area contributed by atoms with Crippen LogP contribution >= 0.6 is 11.3 Å². The van der Waals surface area contributed by atoms with Crippen LogP contribution in [0.2, 0.25) is 0 Å². The van der Waals surface area contributed by atoms with Crippen molar-refractivity contribution >= 4 is 23.0 Å². The number of amides is 1. The SMILES string of the molecule is CC(=O)c1cc(C(=O)N2CCCCC2c2ccc(CN(C)C)cc2)cs1. The van der Waals surface area contributed by atoms with E-state index in [0.29, 0.717) is 10.4 Å². The van der Waals surface area contributed by atoms with Gasteiger partial charge < -0.3 is 9.80 Å². The van der Waals surface area contributed by atoms with Crippen molar-refractivity contribution < 1.29 is 9.59 Å². The van der Waals surface area contributed by atoms with Gasteiger partial charge in [0.05, 0.1) is 16.5 Å². The van der Waals surface area contributed by atoms with Gasteiger partial charge in [0, 0.05) is 18.5 Å². The molecule has 0 radical (unpaired) electrons. The number of hydrogen-bond acceptors (Lipinski definition) is 4. The van der Waals surface area contributed by atoms with Gasteiger partial charge in [-0.15, -0.1) is 11.3 Å². The molecule has 0 saturated carbocycles. The minimum absolute atomic E-state index is 0.0146. The normalized spacial score (nSPS) is 17.5. The van der Waals surface area contributed by atoms with Crippen LogP contribution in [-0.4, -0.2) is 42.1 Å². The van der Waals surface area contributed by atoms with E-state index in [2.05, 4.69) is 43.3 Å². The summed E-state index contributed by atoms with van der Waals surface area (Å²) in [6.07, 6.45) is 3.16. The van der Waals surface area contributed by atoms with E-state index in [1.165, 1.54) is 22.5 Å². The highest BCUT2D eigenvalue weighted by atomic mass is 32.1. The number of benzene rings is 1. The second kappa shape index (κ2) is 8.14. The van der Waals surface area contributed by atoms with Crippen LogP contribution in [0.5, 0.6) is 0 Å². The maximum Gasteiger partial charge on any atom is 0.255 e. The van der Waals surface area contributed by atoms with E-state index in [1.54, 1.807) is 13.0 Å². The first-order valence-electron chi connectivity index (χ1n) is 9.09. The first-order chi connectivity index (χ1) is 12.5. The van der Waals surface area contributed by atoms with E-state index in [-0.39, 0.29) is 17.7 Å². The quantitative estimate of drug-likeness (QED) is 0.734. The van der Waals surface area contributed by atoms with Crippen molar-refractivity contribution in [1.82, 2.24) is 9.80 Å². The van der Waals surface area contributed by atoms with Gasteiger partial charge in [-0.1, -0.05) is 24.3 Å². The number of thiophene rings is 1. The number of hydrogen-bond donors (Lipinski definition) is 0. The molecule has 1 amide bonds. The number of rotatable bonds is 5. The fourth-order valence-electron chi connectivity index (χ4n) is 3.53. The minimum Gasteiger partial charge on any atom is -0.332 e. The number of carbonyl (C=O) groups is 2. The standard InChI is InChI=1S/C21H26N2O2S/c1-15(24)20-12-18(14-26-20)21(25)23-11-5-4-6-19(23)17-9-7-16(8-10-17)13-22(2)3/h7-10,12,14,19H,4-6,11,13H2,1-3H3. The molecule has 0 N–H and O–H groups in total. The van der Waals surface area contributed by atoms with E-state index in [4.69, 9.17) is 0 Å². The average molecular weight is 371 g/mol. The lowest BCUT2D eigenvalue weighted by Crippen LogP contribution is -2.38. The van der Waals surface area contributed by atoms with Crippen LogP contribution in [0.1, 0.15) is 63.4 Å². The van der Waals surface area contributed by atoms with Crippen LogP contribution in [0.3, 0.4) is 0 Å². The zero-order chi connectivity index (χ0) is 18.7. The van der Waals surface area contributed by atoms with Gasteiger partial charge in [-0.05, 0) is 57.5 Å². The van der Waals surface area contributed by atoms with Crippen molar-refractivity contribution in [2.75, 3.05) is 20.6 Å². The molecule has 2 heterocycles. The Morgan fingerprint density at radius 1 is 1.19 bits per heavy atom. The summed E-state index contributed by atoms with van der Waals surface area (Å²) < 4.78 is 0. The van der Waals surface area contributed by atoms with E-state index >= 15 is 0 Å². The van der Waals surface area contributed by atoms with Crippen molar-refractivity contribution in [2.45, 2.75) is 38.8 Å². The van der Waals surface area contributed by atoms with Crippen LogP contribution in [-0.2, 0) is 6.54 Å². The van der Waals surface area contributed by atoms with Crippen LogP contribution < -0.4 is 0 Å². The molecule has 1 aromatic heterocycles. The van der Waals surface area contributed by atoms with Crippen molar-refractivity contribution in [3.63, 3.8) is 0 Å². The maximum absolute atomic E-state index is 13.0. The molecule has 138 valence electrons. The lowest BCUT2D eigenvalue weighted by Gasteiger charge is -2.36. The van der Waals surface area contributed by atoms with Gasteiger partial charge in [-0.25, -0.2) is 0 Å². The highest BCUT2D eigenvalue weighted by molar-refractivity contribution is 7.12. The summed E-state index contributed by atoms with van der Waals surface area (Å²) >= 11 is 1.35. The minimum atomic E-state index is 0.0146. The van der Waals surface area contributed by atoms with Gasteiger partial charge in [0.1, 0.15) is 0 Å². The molecule has 1 atom stereocenters. The smallest absolute Gasteiger partial charge is 0.255 e. The summed E-state index contributed by atoms with van der Waals surface area (Å²) in [6.45, 7) is 3.23. The Labute approximate surface area is 159 Å². The Balaban J connectivity index is 1.80. The summed E-state index contributed by atoms with van der Waals surface area (Å²) in [7, 11) is 4.12. The monoisotopic (exact) mass is 370 g/mol. The van der Waals surface area contributed by atoms with Gasteiger partial charge in [0.25, 0.3) is 5.91 Å². The molecular weight excluding hydrogens is 344 g/mol. The molecular formula is C21H26N2O2S. The average Bonchev–Trinajstić information content (AvgIpc) is 3.12.